The number of benzene rings is 1. The van der Waals surface area contributed by atoms with Gasteiger partial charge in [0.25, 0.3) is 5.91 Å². The lowest BCUT2D eigenvalue weighted by molar-refractivity contribution is -0.144. The van der Waals surface area contributed by atoms with Crippen LogP contribution >= 0.6 is 24.0 Å². The number of carbonyl (C=O) groups is 2. The second-order valence-corrected chi connectivity index (χ2v) is 7.10. The Balaban J connectivity index is 1.86. The van der Waals surface area contributed by atoms with Crippen molar-refractivity contribution < 1.29 is 14.3 Å². The van der Waals surface area contributed by atoms with E-state index in [2.05, 4.69) is 6.92 Å². The molecule has 0 saturated carbocycles. The van der Waals surface area contributed by atoms with E-state index < -0.39 is 0 Å². The van der Waals surface area contributed by atoms with Crippen molar-refractivity contribution in [2.75, 3.05) is 13.2 Å². The zero-order chi connectivity index (χ0) is 17.4. The van der Waals surface area contributed by atoms with Gasteiger partial charge in [-0.2, -0.15) is 0 Å². The van der Waals surface area contributed by atoms with E-state index in [4.69, 9.17) is 17.0 Å². The third kappa shape index (κ3) is 5.46. The first-order chi connectivity index (χ1) is 11.6. The number of ether oxygens (including phenoxy) is 1. The lowest BCUT2D eigenvalue weighted by atomic mass is 10.2. The maximum Gasteiger partial charge on any atom is 0.307 e. The van der Waals surface area contributed by atoms with Crippen molar-refractivity contribution in [1.29, 1.82) is 0 Å². The first kappa shape index (κ1) is 18.7. The summed E-state index contributed by atoms with van der Waals surface area (Å²) in [6, 6.07) is 9.62. The maximum atomic E-state index is 12.4. The van der Waals surface area contributed by atoms with Gasteiger partial charge < -0.3 is 4.74 Å². The van der Waals surface area contributed by atoms with Gasteiger partial charge in [0.1, 0.15) is 4.32 Å². The number of hydrogen-bond acceptors (Lipinski definition) is 5. The van der Waals surface area contributed by atoms with Gasteiger partial charge in [0, 0.05) is 6.54 Å². The lowest BCUT2D eigenvalue weighted by Gasteiger charge is -2.13. The van der Waals surface area contributed by atoms with E-state index in [-0.39, 0.29) is 24.8 Å². The van der Waals surface area contributed by atoms with Gasteiger partial charge in [-0.1, -0.05) is 74.1 Å². The lowest BCUT2D eigenvalue weighted by Crippen LogP contribution is -2.30. The summed E-state index contributed by atoms with van der Waals surface area (Å²) in [5.74, 6) is -0.431. The molecule has 0 radical (unpaired) electrons. The molecule has 0 unspecified atom stereocenters. The normalized spacial score (nSPS) is 16.0. The van der Waals surface area contributed by atoms with Gasteiger partial charge in [0.2, 0.25) is 0 Å². The molecule has 6 heteroatoms. The Kier molecular flexibility index (Phi) is 7.46. The molecule has 1 aliphatic heterocycles. The topological polar surface area (TPSA) is 46.6 Å². The number of hydrogen-bond donors (Lipinski definition) is 0. The van der Waals surface area contributed by atoms with Crippen LogP contribution in [0.25, 0.3) is 6.08 Å². The fraction of sp³-hybridized carbons (Fsp3) is 0.389. The van der Waals surface area contributed by atoms with Gasteiger partial charge in [-0.05, 0) is 18.1 Å². The highest BCUT2D eigenvalue weighted by Gasteiger charge is 2.32. The SMILES string of the molecule is CCCCCOC(=O)CCN1C(=O)/C(=C\c2ccccc2)SC1=S. The van der Waals surface area contributed by atoms with Gasteiger partial charge in [0.05, 0.1) is 17.9 Å². The van der Waals surface area contributed by atoms with Crippen molar-refractivity contribution in [3.63, 3.8) is 0 Å². The molecule has 128 valence electrons. The van der Waals surface area contributed by atoms with Crippen LogP contribution in [0, 0.1) is 0 Å². The summed E-state index contributed by atoms with van der Waals surface area (Å²) in [7, 11) is 0. The fourth-order valence-electron chi connectivity index (χ4n) is 2.21. The van der Waals surface area contributed by atoms with E-state index in [1.165, 1.54) is 16.7 Å². The van der Waals surface area contributed by atoms with Crippen LogP contribution in [-0.2, 0) is 14.3 Å². The molecule has 24 heavy (non-hydrogen) atoms. The van der Waals surface area contributed by atoms with Crippen LogP contribution in [0.1, 0.15) is 38.2 Å². The minimum absolute atomic E-state index is 0.146. The largest absolute Gasteiger partial charge is 0.466 e. The van der Waals surface area contributed by atoms with Crippen LogP contribution in [0.4, 0.5) is 0 Å². The van der Waals surface area contributed by atoms with Crippen LogP contribution in [-0.4, -0.2) is 34.2 Å². The molecule has 0 atom stereocenters. The average molecular weight is 364 g/mol. The van der Waals surface area contributed by atoms with E-state index in [9.17, 15) is 9.59 Å². The minimum Gasteiger partial charge on any atom is -0.466 e. The molecule has 0 aromatic heterocycles. The third-order valence-corrected chi connectivity index (χ3v) is 4.90. The molecule has 1 heterocycles. The van der Waals surface area contributed by atoms with Crippen molar-refractivity contribution in [3.8, 4) is 0 Å². The molecule has 2 rings (SSSR count). The van der Waals surface area contributed by atoms with Crippen molar-refractivity contribution in [2.24, 2.45) is 0 Å². The van der Waals surface area contributed by atoms with E-state index in [0.29, 0.717) is 15.8 Å². The van der Waals surface area contributed by atoms with Gasteiger partial charge in [-0.15, -0.1) is 0 Å². The maximum absolute atomic E-state index is 12.4. The van der Waals surface area contributed by atoms with Crippen molar-refractivity contribution in [2.45, 2.75) is 32.6 Å². The van der Waals surface area contributed by atoms with Crippen LogP contribution < -0.4 is 0 Å². The predicted octanol–water partition coefficient (Wildman–Crippen LogP) is 4.01. The summed E-state index contributed by atoms with van der Waals surface area (Å²) in [5, 5.41) is 0. The Morgan fingerprint density at radius 3 is 2.75 bits per heavy atom. The number of amides is 1. The Bertz CT molecular complexity index is 628. The number of esters is 1. The summed E-state index contributed by atoms with van der Waals surface area (Å²) in [5.41, 5.74) is 0.952. The summed E-state index contributed by atoms with van der Waals surface area (Å²) < 4.78 is 5.64. The fourth-order valence-corrected chi connectivity index (χ4v) is 3.52. The van der Waals surface area contributed by atoms with Gasteiger partial charge in [-0.25, -0.2) is 0 Å². The number of nitrogens with zero attached hydrogens (tertiary/aromatic N) is 1. The predicted molar refractivity (Wildman–Crippen MR) is 101 cm³/mol. The summed E-state index contributed by atoms with van der Waals surface area (Å²) in [6.07, 6.45) is 5.00. The molecule has 1 saturated heterocycles. The summed E-state index contributed by atoms with van der Waals surface area (Å²) in [6.45, 7) is 2.81. The molecular weight excluding hydrogens is 342 g/mol. The van der Waals surface area contributed by atoms with E-state index in [0.717, 1.165) is 24.8 Å². The highest BCUT2D eigenvalue weighted by molar-refractivity contribution is 8.26. The van der Waals surface area contributed by atoms with E-state index in [1.54, 1.807) is 0 Å². The zero-order valence-corrected chi connectivity index (χ0v) is 15.3. The highest BCUT2D eigenvalue weighted by atomic mass is 32.2. The van der Waals surface area contributed by atoms with Crippen LogP contribution in [0.2, 0.25) is 0 Å². The third-order valence-electron chi connectivity index (χ3n) is 3.52. The molecule has 1 amide bonds. The molecule has 1 aromatic carbocycles. The number of rotatable bonds is 8. The molecular formula is C18H21NO3S2. The molecule has 0 aliphatic carbocycles. The average Bonchev–Trinajstić information content (AvgIpc) is 2.84. The molecule has 1 aliphatic rings. The van der Waals surface area contributed by atoms with E-state index in [1.807, 2.05) is 36.4 Å². The molecule has 0 bridgehead atoms. The second-order valence-electron chi connectivity index (χ2n) is 5.42. The van der Waals surface area contributed by atoms with Crippen LogP contribution in [0.3, 0.4) is 0 Å². The number of thiocarbonyl (C=S) groups is 1. The number of carbonyl (C=O) groups excluding carboxylic acids is 2. The summed E-state index contributed by atoms with van der Waals surface area (Å²) in [4.78, 5) is 26.2. The van der Waals surface area contributed by atoms with Gasteiger partial charge in [-0.3, -0.25) is 14.5 Å². The smallest absolute Gasteiger partial charge is 0.307 e. The Morgan fingerprint density at radius 2 is 2.04 bits per heavy atom. The quantitative estimate of drug-likeness (QED) is 0.302. The minimum atomic E-state index is -0.285. The van der Waals surface area contributed by atoms with E-state index >= 15 is 0 Å². The Morgan fingerprint density at radius 1 is 1.29 bits per heavy atom. The van der Waals surface area contributed by atoms with Gasteiger partial charge >= 0.3 is 5.97 Å². The zero-order valence-electron chi connectivity index (χ0n) is 13.7. The molecule has 1 fully saturated rings. The summed E-state index contributed by atoms with van der Waals surface area (Å²) >= 11 is 6.53. The van der Waals surface area contributed by atoms with Crippen LogP contribution in [0.15, 0.2) is 35.2 Å². The first-order valence-electron chi connectivity index (χ1n) is 8.08. The molecule has 0 N–H and O–H groups in total. The Labute approximate surface area is 152 Å². The molecule has 1 aromatic rings. The van der Waals surface area contributed by atoms with Crippen molar-refractivity contribution >= 4 is 46.3 Å². The first-order valence-corrected chi connectivity index (χ1v) is 9.30. The number of unbranched alkanes of at least 4 members (excludes halogenated alkanes) is 2. The molecule has 0 spiro atoms. The van der Waals surface area contributed by atoms with Crippen molar-refractivity contribution in [1.82, 2.24) is 4.90 Å². The highest BCUT2D eigenvalue weighted by Crippen LogP contribution is 2.32. The number of thioether (sulfide) groups is 1. The Hall–Kier alpha value is -1.66. The van der Waals surface area contributed by atoms with Crippen LogP contribution in [0.5, 0.6) is 0 Å². The molecule has 4 nitrogen and oxygen atoms in total. The standard InChI is InChI=1S/C18H21NO3S2/c1-2-3-7-12-22-16(20)10-11-19-17(21)15(24-18(19)23)13-14-8-5-4-6-9-14/h4-6,8-9,13H,2-3,7,10-12H2,1H3/b15-13+. The van der Waals surface area contributed by atoms with Crippen molar-refractivity contribution in [3.05, 3.63) is 40.8 Å². The monoisotopic (exact) mass is 363 g/mol. The second kappa shape index (κ2) is 9.59. The van der Waals surface area contributed by atoms with Gasteiger partial charge in [0.15, 0.2) is 0 Å².